The average molecular weight is 340 g/mol. The maximum absolute atomic E-state index is 6.07. The molecule has 2 saturated heterocycles. The summed E-state index contributed by atoms with van der Waals surface area (Å²) < 4.78 is 17.3. The van der Waals surface area contributed by atoms with E-state index in [9.17, 15) is 0 Å². The third kappa shape index (κ3) is 5.16. The van der Waals surface area contributed by atoms with Crippen LogP contribution in [0.4, 0.5) is 0 Å². The Balaban J connectivity index is 1.33. The third-order valence-corrected chi connectivity index (χ3v) is 5.01. The fourth-order valence-electron chi connectivity index (χ4n) is 3.40. The normalized spacial score (nSPS) is 24.0. The first-order valence-electron chi connectivity index (χ1n) is 8.53. The minimum absolute atomic E-state index is 0.0539. The Bertz CT molecular complexity index is 468. The van der Waals surface area contributed by atoms with E-state index in [0.29, 0.717) is 12.6 Å². The van der Waals surface area contributed by atoms with Crippen LogP contribution in [0.2, 0.25) is 5.02 Å². The molecular formula is C18H26ClNO3. The van der Waals surface area contributed by atoms with Gasteiger partial charge in [0.1, 0.15) is 0 Å². The van der Waals surface area contributed by atoms with Crippen molar-refractivity contribution in [2.24, 2.45) is 0 Å². The van der Waals surface area contributed by atoms with Gasteiger partial charge in [-0.05, 0) is 43.4 Å². The van der Waals surface area contributed by atoms with Crippen molar-refractivity contribution in [3.8, 4) is 0 Å². The summed E-state index contributed by atoms with van der Waals surface area (Å²) in [5, 5.41) is 4.38. The van der Waals surface area contributed by atoms with Gasteiger partial charge in [-0.15, -0.1) is 0 Å². The summed E-state index contributed by atoms with van der Waals surface area (Å²) in [6.07, 6.45) is 4.23. The summed E-state index contributed by atoms with van der Waals surface area (Å²) in [5.74, 6) is 0. The predicted molar refractivity (Wildman–Crippen MR) is 90.9 cm³/mol. The molecule has 1 atom stereocenters. The van der Waals surface area contributed by atoms with E-state index in [1.165, 1.54) is 0 Å². The molecule has 0 unspecified atom stereocenters. The highest BCUT2D eigenvalue weighted by atomic mass is 35.5. The molecule has 2 fully saturated rings. The van der Waals surface area contributed by atoms with Crippen molar-refractivity contribution in [1.82, 2.24) is 5.32 Å². The zero-order chi connectivity index (χ0) is 16.0. The molecular weight excluding hydrogens is 314 g/mol. The summed E-state index contributed by atoms with van der Waals surface area (Å²) in [5.41, 5.74) is 1.21. The molecule has 1 N–H and O–H groups in total. The van der Waals surface area contributed by atoms with Crippen LogP contribution in [0, 0.1) is 0 Å². The summed E-state index contributed by atoms with van der Waals surface area (Å²) in [4.78, 5) is 0. The lowest BCUT2D eigenvalue weighted by atomic mass is 9.84. The first-order chi connectivity index (χ1) is 11.3. The number of hydrogen-bond acceptors (Lipinski definition) is 4. The molecule has 0 radical (unpaired) electrons. The molecule has 1 aromatic rings. The SMILES string of the molecule is Clc1ccc(COCCN[C@@H]2CCOC3(CCOCC3)C2)cc1. The maximum Gasteiger partial charge on any atom is 0.0741 e. The molecule has 2 heterocycles. The van der Waals surface area contributed by atoms with Gasteiger partial charge in [0.25, 0.3) is 0 Å². The van der Waals surface area contributed by atoms with Gasteiger partial charge in [-0.2, -0.15) is 0 Å². The minimum Gasteiger partial charge on any atom is -0.381 e. The van der Waals surface area contributed by atoms with Crippen LogP contribution in [0.5, 0.6) is 0 Å². The number of nitrogens with one attached hydrogen (secondary N) is 1. The molecule has 1 aromatic carbocycles. The summed E-state index contributed by atoms with van der Waals surface area (Å²) >= 11 is 5.87. The van der Waals surface area contributed by atoms with Gasteiger partial charge in [-0.3, -0.25) is 0 Å². The number of halogens is 1. The van der Waals surface area contributed by atoms with Crippen molar-refractivity contribution < 1.29 is 14.2 Å². The van der Waals surface area contributed by atoms with E-state index in [1.807, 2.05) is 24.3 Å². The monoisotopic (exact) mass is 339 g/mol. The van der Waals surface area contributed by atoms with Gasteiger partial charge < -0.3 is 19.5 Å². The van der Waals surface area contributed by atoms with E-state index >= 15 is 0 Å². The van der Waals surface area contributed by atoms with E-state index in [2.05, 4.69) is 5.32 Å². The molecule has 0 bridgehead atoms. The molecule has 5 heteroatoms. The number of rotatable bonds is 6. The second-order valence-electron chi connectivity index (χ2n) is 6.47. The van der Waals surface area contributed by atoms with E-state index in [1.54, 1.807) is 0 Å². The van der Waals surface area contributed by atoms with Crippen molar-refractivity contribution >= 4 is 11.6 Å². The van der Waals surface area contributed by atoms with E-state index < -0.39 is 0 Å². The topological polar surface area (TPSA) is 39.7 Å². The van der Waals surface area contributed by atoms with Crippen LogP contribution in [-0.2, 0) is 20.8 Å². The van der Waals surface area contributed by atoms with Crippen LogP contribution in [0.3, 0.4) is 0 Å². The van der Waals surface area contributed by atoms with Gasteiger partial charge in [-0.1, -0.05) is 23.7 Å². The van der Waals surface area contributed by atoms with Crippen LogP contribution in [0.25, 0.3) is 0 Å². The number of ether oxygens (including phenoxy) is 3. The fraction of sp³-hybridized carbons (Fsp3) is 0.667. The molecule has 0 saturated carbocycles. The van der Waals surface area contributed by atoms with Crippen molar-refractivity contribution in [3.63, 3.8) is 0 Å². The Morgan fingerprint density at radius 1 is 1.17 bits per heavy atom. The fourth-order valence-corrected chi connectivity index (χ4v) is 3.53. The van der Waals surface area contributed by atoms with Crippen LogP contribution in [-0.4, -0.2) is 44.6 Å². The predicted octanol–water partition coefficient (Wildman–Crippen LogP) is 3.17. The Labute approximate surface area is 143 Å². The van der Waals surface area contributed by atoms with Crippen molar-refractivity contribution in [1.29, 1.82) is 0 Å². The van der Waals surface area contributed by atoms with E-state index in [4.69, 9.17) is 25.8 Å². The van der Waals surface area contributed by atoms with Crippen LogP contribution >= 0.6 is 11.6 Å². The molecule has 0 aromatic heterocycles. The number of hydrogen-bond donors (Lipinski definition) is 1. The lowest BCUT2D eigenvalue weighted by Crippen LogP contribution is -2.50. The minimum atomic E-state index is 0.0539. The van der Waals surface area contributed by atoms with Gasteiger partial charge >= 0.3 is 0 Å². The molecule has 1 spiro atoms. The van der Waals surface area contributed by atoms with Gasteiger partial charge in [0.15, 0.2) is 0 Å². The standard InChI is InChI=1S/C18H26ClNO3/c19-16-3-1-15(2-4-16)14-22-12-8-20-17-5-9-23-18(13-17)6-10-21-11-7-18/h1-4,17,20H,5-14H2/t17-/m1/s1. The Morgan fingerprint density at radius 2 is 1.96 bits per heavy atom. The van der Waals surface area contributed by atoms with Crippen LogP contribution in [0.15, 0.2) is 24.3 Å². The summed E-state index contributed by atoms with van der Waals surface area (Å²) in [6.45, 7) is 4.74. The quantitative estimate of drug-likeness (QED) is 0.808. The lowest BCUT2D eigenvalue weighted by Gasteiger charge is -2.43. The van der Waals surface area contributed by atoms with Crippen LogP contribution in [0.1, 0.15) is 31.2 Å². The van der Waals surface area contributed by atoms with Crippen molar-refractivity contribution in [2.45, 2.75) is 43.9 Å². The van der Waals surface area contributed by atoms with Crippen molar-refractivity contribution in [3.05, 3.63) is 34.9 Å². The van der Waals surface area contributed by atoms with E-state index in [0.717, 1.165) is 69.2 Å². The molecule has 2 aliphatic rings. The largest absolute Gasteiger partial charge is 0.381 e. The number of benzene rings is 1. The second-order valence-corrected chi connectivity index (χ2v) is 6.90. The third-order valence-electron chi connectivity index (χ3n) is 4.76. The Kier molecular flexibility index (Phi) is 6.31. The molecule has 0 aliphatic carbocycles. The highest BCUT2D eigenvalue weighted by molar-refractivity contribution is 6.30. The average Bonchev–Trinajstić information content (AvgIpc) is 2.57. The smallest absolute Gasteiger partial charge is 0.0741 e. The first kappa shape index (κ1) is 17.2. The molecule has 2 aliphatic heterocycles. The lowest BCUT2D eigenvalue weighted by molar-refractivity contribution is -0.140. The zero-order valence-electron chi connectivity index (χ0n) is 13.6. The van der Waals surface area contributed by atoms with Crippen LogP contribution < -0.4 is 5.32 Å². The zero-order valence-corrected chi connectivity index (χ0v) is 14.3. The highest BCUT2D eigenvalue weighted by Gasteiger charge is 2.38. The first-order valence-corrected chi connectivity index (χ1v) is 8.91. The summed E-state index contributed by atoms with van der Waals surface area (Å²) in [6, 6.07) is 8.33. The molecule has 4 nitrogen and oxygen atoms in total. The Morgan fingerprint density at radius 3 is 2.74 bits per heavy atom. The Hall–Kier alpha value is -0.650. The second kappa shape index (κ2) is 8.45. The van der Waals surface area contributed by atoms with E-state index in [-0.39, 0.29) is 5.60 Å². The van der Waals surface area contributed by atoms with Gasteiger partial charge in [0.2, 0.25) is 0 Å². The molecule has 3 rings (SSSR count). The molecule has 23 heavy (non-hydrogen) atoms. The molecule has 0 amide bonds. The van der Waals surface area contributed by atoms with Gasteiger partial charge in [0.05, 0.1) is 18.8 Å². The van der Waals surface area contributed by atoms with Gasteiger partial charge in [0, 0.05) is 37.4 Å². The molecule has 128 valence electrons. The maximum atomic E-state index is 6.07. The summed E-state index contributed by atoms with van der Waals surface area (Å²) in [7, 11) is 0. The highest BCUT2D eigenvalue weighted by Crippen LogP contribution is 2.34. The van der Waals surface area contributed by atoms with Gasteiger partial charge in [-0.25, -0.2) is 0 Å². The van der Waals surface area contributed by atoms with Crippen molar-refractivity contribution in [2.75, 3.05) is 33.0 Å².